The molecule has 1 heterocycles. The van der Waals surface area contributed by atoms with E-state index in [1.165, 1.54) is 11.0 Å². The monoisotopic (exact) mass is 306 g/mol. The molecule has 0 unspecified atom stereocenters. The van der Waals surface area contributed by atoms with Gasteiger partial charge in [0.2, 0.25) is 5.91 Å². The van der Waals surface area contributed by atoms with Crippen LogP contribution in [0.3, 0.4) is 0 Å². The minimum Gasteiger partial charge on any atom is -0.361 e. The number of rotatable bonds is 4. The molecule has 0 fully saturated rings. The number of hydrogen-bond acceptors (Lipinski definition) is 3. The van der Waals surface area contributed by atoms with Gasteiger partial charge in [0, 0.05) is 24.3 Å². The highest BCUT2D eigenvalue weighted by Gasteiger charge is 2.14. The Morgan fingerprint density at radius 3 is 2.50 bits per heavy atom. The normalized spacial score (nSPS) is 11.1. The van der Waals surface area contributed by atoms with Crippen molar-refractivity contribution in [2.24, 2.45) is 0 Å². The van der Waals surface area contributed by atoms with Crippen molar-refractivity contribution in [1.82, 2.24) is 10.1 Å². The molecule has 0 N–H and O–H groups in total. The van der Waals surface area contributed by atoms with Crippen molar-refractivity contribution in [1.29, 1.82) is 0 Å². The number of halogens is 2. The number of hydrogen-bond donors (Lipinski definition) is 0. The number of likely N-dealkylation sites (N-methyl/N-ethyl adjacent to an activating group) is 1. The van der Waals surface area contributed by atoms with Crippen molar-refractivity contribution in [3.63, 3.8) is 0 Å². The van der Waals surface area contributed by atoms with Crippen LogP contribution < -0.4 is 0 Å². The third kappa shape index (κ3) is 3.39. The van der Waals surface area contributed by atoms with Crippen LogP contribution in [-0.4, -0.2) is 23.0 Å². The van der Waals surface area contributed by atoms with E-state index in [1.807, 2.05) is 0 Å². The molecule has 1 aromatic heterocycles. The van der Waals surface area contributed by atoms with Gasteiger partial charge in [0.1, 0.15) is 17.4 Å². The zero-order valence-corrected chi connectivity index (χ0v) is 12.6. The molecule has 22 heavy (non-hydrogen) atoms. The van der Waals surface area contributed by atoms with Crippen LogP contribution in [0.2, 0.25) is 0 Å². The maximum atomic E-state index is 13.5. The Morgan fingerprint density at radius 1 is 1.32 bits per heavy atom. The summed E-state index contributed by atoms with van der Waals surface area (Å²) in [4.78, 5) is 13.4. The summed E-state index contributed by atoms with van der Waals surface area (Å²) in [5.41, 5.74) is 1.30. The molecule has 6 heteroatoms. The first-order valence-corrected chi connectivity index (χ1v) is 6.69. The lowest BCUT2D eigenvalue weighted by Crippen LogP contribution is -2.24. The van der Waals surface area contributed by atoms with E-state index in [-0.39, 0.29) is 11.5 Å². The van der Waals surface area contributed by atoms with E-state index >= 15 is 0 Å². The fraction of sp³-hybridized carbons (Fsp3) is 0.250. The highest BCUT2D eigenvalue weighted by atomic mass is 19.1. The van der Waals surface area contributed by atoms with E-state index in [1.54, 1.807) is 20.9 Å². The second kappa shape index (κ2) is 6.51. The first kappa shape index (κ1) is 15.9. The molecule has 0 radical (unpaired) electrons. The summed E-state index contributed by atoms with van der Waals surface area (Å²) in [7, 11) is 1.59. The van der Waals surface area contributed by atoms with Crippen LogP contribution in [0.15, 0.2) is 28.8 Å². The first-order chi connectivity index (χ1) is 10.4. The van der Waals surface area contributed by atoms with Crippen LogP contribution >= 0.6 is 0 Å². The Hall–Kier alpha value is -2.50. The summed E-state index contributed by atoms with van der Waals surface area (Å²) in [5.74, 6) is -1.15. The van der Waals surface area contributed by atoms with Crippen molar-refractivity contribution < 1.29 is 18.1 Å². The summed E-state index contributed by atoms with van der Waals surface area (Å²) < 4.78 is 32.0. The van der Waals surface area contributed by atoms with Crippen molar-refractivity contribution in [3.8, 4) is 0 Å². The van der Waals surface area contributed by atoms with Crippen molar-refractivity contribution in [3.05, 3.63) is 58.5 Å². The zero-order valence-electron chi connectivity index (χ0n) is 12.6. The van der Waals surface area contributed by atoms with E-state index in [2.05, 4.69) is 5.16 Å². The fourth-order valence-electron chi connectivity index (χ4n) is 1.99. The SMILES string of the molecule is Cc1noc(C)c1CN(C)C(=O)/C=C\c1c(F)cccc1F. The molecule has 0 bridgehead atoms. The van der Waals surface area contributed by atoms with Crippen LogP contribution in [0.1, 0.15) is 22.6 Å². The minimum absolute atomic E-state index is 0.235. The lowest BCUT2D eigenvalue weighted by atomic mass is 10.1. The van der Waals surface area contributed by atoms with Gasteiger partial charge in [-0.1, -0.05) is 11.2 Å². The van der Waals surface area contributed by atoms with E-state index in [4.69, 9.17) is 4.52 Å². The Balaban J connectivity index is 2.10. The number of aryl methyl sites for hydroxylation is 2. The summed E-state index contributed by atoms with van der Waals surface area (Å²) in [6, 6.07) is 3.55. The van der Waals surface area contributed by atoms with Crippen molar-refractivity contribution >= 4 is 12.0 Å². The van der Waals surface area contributed by atoms with Gasteiger partial charge >= 0.3 is 0 Å². The molecule has 116 valence electrons. The second-order valence-electron chi connectivity index (χ2n) is 4.97. The van der Waals surface area contributed by atoms with Gasteiger partial charge in [-0.15, -0.1) is 0 Å². The van der Waals surface area contributed by atoms with Crippen LogP contribution in [0, 0.1) is 25.5 Å². The van der Waals surface area contributed by atoms with Crippen molar-refractivity contribution in [2.45, 2.75) is 20.4 Å². The minimum atomic E-state index is -0.711. The highest BCUT2D eigenvalue weighted by Crippen LogP contribution is 2.16. The topological polar surface area (TPSA) is 46.3 Å². The number of nitrogens with zero attached hydrogens (tertiary/aromatic N) is 2. The van der Waals surface area contributed by atoms with Gasteiger partial charge in [-0.2, -0.15) is 0 Å². The van der Waals surface area contributed by atoms with Crippen LogP contribution in [0.4, 0.5) is 8.78 Å². The van der Waals surface area contributed by atoms with Gasteiger partial charge in [0.25, 0.3) is 0 Å². The molecular weight excluding hydrogens is 290 g/mol. The Kier molecular flexibility index (Phi) is 4.70. The third-order valence-electron chi connectivity index (χ3n) is 3.35. The molecular formula is C16H16F2N2O2. The summed E-state index contributed by atoms with van der Waals surface area (Å²) in [6.45, 7) is 3.86. The van der Waals surface area contributed by atoms with Gasteiger partial charge < -0.3 is 9.42 Å². The average Bonchev–Trinajstić information content (AvgIpc) is 2.78. The Morgan fingerprint density at radius 2 is 1.95 bits per heavy atom. The van der Waals surface area contributed by atoms with Crippen LogP contribution in [-0.2, 0) is 11.3 Å². The number of carbonyl (C=O) groups is 1. The van der Waals surface area contributed by atoms with Crippen LogP contribution in [0.5, 0.6) is 0 Å². The molecule has 2 aromatic rings. The predicted octanol–water partition coefficient (Wildman–Crippen LogP) is 3.24. The third-order valence-corrected chi connectivity index (χ3v) is 3.35. The zero-order chi connectivity index (χ0) is 16.3. The molecule has 0 spiro atoms. The molecule has 2 rings (SSSR count). The van der Waals surface area contributed by atoms with Crippen LogP contribution in [0.25, 0.3) is 6.08 Å². The highest BCUT2D eigenvalue weighted by molar-refractivity contribution is 5.91. The van der Waals surface area contributed by atoms with Gasteiger partial charge in [0.05, 0.1) is 12.2 Å². The predicted molar refractivity (Wildman–Crippen MR) is 77.8 cm³/mol. The van der Waals surface area contributed by atoms with Gasteiger partial charge in [0.15, 0.2) is 0 Å². The number of benzene rings is 1. The first-order valence-electron chi connectivity index (χ1n) is 6.69. The van der Waals surface area contributed by atoms with Gasteiger partial charge in [-0.05, 0) is 32.1 Å². The molecule has 0 saturated heterocycles. The van der Waals surface area contributed by atoms with Gasteiger partial charge in [-0.25, -0.2) is 8.78 Å². The number of carbonyl (C=O) groups excluding carboxylic acids is 1. The molecule has 1 aromatic carbocycles. The van der Waals surface area contributed by atoms with E-state index in [0.717, 1.165) is 29.8 Å². The molecule has 1 amide bonds. The molecule has 0 saturated carbocycles. The molecule has 0 aliphatic rings. The molecule has 0 aliphatic heterocycles. The number of aromatic nitrogens is 1. The largest absolute Gasteiger partial charge is 0.361 e. The van der Waals surface area contributed by atoms with E-state index in [0.29, 0.717) is 18.0 Å². The lowest BCUT2D eigenvalue weighted by molar-refractivity contribution is -0.125. The maximum absolute atomic E-state index is 13.5. The summed E-state index contributed by atoms with van der Waals surface area (Å²) >= 11 is 0. The molecule has 0 atom stereocenters. The van der Waals surface area contributed by atoms with Crippen molar-refractivity contribution in [2.75, 3.05) is 7.05 Å². The van der Waals surface area contributed by atoms with Gasteiger partial charge in [-0.3, -0.25) is 4.79 Å². The Bertz CT molecular complexity index is 683. The lowest BCUT2D eigenvalue weighted by Gasteiger charge is -2.14. The van der Waals surface area contributed by atoms with E-state index in [9.17, 15) is 13.6 Å². The maximum Gasteiger partial charge on any atom is 0.246 e. The molecule has 0 aliphatic carbocycles. The quantitative estimate of drug-likeness (QED) is 0.815. The second-order valence-corrected chi connectivity index (χ2v) is 4.97. The van der Waals surface area contributed by atoms with E-state index < -0.39 is 11.6 Å². The number of amides is 1. The Labute approximate surface area is 127 Å². The molecule has 4 nitrogen and oxygen atoms in total. The smallest absolute Gasteiger partial charge is 0.246 e. The summed E-state index contributed by atoms with van der Waals surface area (Å²) in [6.07, 6.45) is 2.27. The average molecular weight is 306 g/mol. The summed E-state index contributed by atoms with van der Waals surface area (Å²) in [5, 5.41) is 3.82. The fourth-order valence-corrected chi connectivity index (χ4v) is 1.99. The standard InChI is InChI=1S/C16H16F2N2O2/c1-10-13(11(2)22-19-10)9-20(3)16(21)8-7-12-14(17)5-4-6-15(12)18/h4-8H,9H2,1-3H3/b8-7-.